The number of nitrogens with zero attached hydrogens (tertiary/aromatic N) is 4. The lowest BCUT2D eigenvalue weighted by Crippen LogP contribution is -2.45. The van der Waals surface area contributed by atoms with Gasteiger partial charge in [0.1, 0.15) is 19.8 Å². The zero-order valence-corrected chi connectivity index (χ0v) is 18.1. The van der Waals surface area contributed by atoms with Gasteiger partial charge in [0, 0.05) is 5.56 Å². The van der Waals surface area contributed by atoms with Crippen molar-refractivity contribution >= 4 is 5.91 Å². The van der Waals surface area contributed by atoms with Gasteiger partial charge in [0.25, 0.3) is 0 Å². The Morgan fingerprint density at radius 3 is 2.59 bits per heavy atom. The number of alkyl halides is 3. The van der Waals surface area contributed by atoms with Crippen LogP contribution >= 0.6 is 0 Å². The quantitative estimate of drug-likeness (QED) is 0.608. The fourth-order valence-electron chi connectivity index (χ4n) is 4.50. The molecular formula is C23H22F3N5O3. The van der Waals surface area contributed by atoms with Crippen LogP contribution in [-0.4, -0.2) is 39.3 Å². The Morgan fingerprint density at radius 2 is 1.82 bits per heavy atom. The van der Waals surface area contributed by atoms with Crippen LogP contribution in [0.15, 0.2) is 42.5 Å². The van der Waals surface area contributed by atoms with Crippen molar-refractivity contribution < 1.29 is 27.4 Å². The van der Waals surface area contributed by atoms with Crippen molar-refractivity contribution in [2.45, 2.75) is 43.9 Å². The van der Waals surface area contributed by atoms with Crippen LogP contribution in [0.3, 0.4) is 0 Å². The van der Waals surface area contributed by atoms with Crippen molar-refractivity contribution in [1.82, 2.24) is 25.5 Å². The fraction of sp³-hybridized carbons (Fsp3) is 0.391. The van der Waals surface area contributed by atoms with Crippen LogP contribution in [0.25, 0.3) is 11.4 Å². The summed E-state index contributed by atoms with van der Waals surface area (Å²) in [6.45, 7) is 0.766. The smallest absolute Gasteiger partial charge is 0.416 e. The number of halogens is 3. The lowest BCUT2D eigenvalue weighted by atomic mass is 9.87. The summed E-state index contributed by atoms with van der Waals surface area (Å²) in [6, 6.07) is 10.4. The first-order valence-electron chi connectivity index (χ1n) is 11.0. The molecule has 1 N–H and O–H groups in total. The summed E-state index contributed by atoms with van der Waals surface area (Å²) in [7, 11) is 0. The van der Waals surface area contributed by atoms with Crippen molar-refractivity contribution in [2.75, 3.05) is 13.2 Å². The number of benzene rings is 2. The maximum absolute atomic E-state index is 13.0. The number of hydrogen-bond donors (Lipinski definition) is 1. The van der Waals surface area contributed by atoms with Crippen LogP contribution in [0.2, 0.25) is 0 Å². The molecule has 1 amide bonds. The molecule has 2 aliphatic rings. The van der Waals surface area contributed by atoms with E-state index in [1.54, 1.807) is 0 Å². The SMILES string of the molecule is O=C(Cn1nnc(-c2cccc(C(F)(F)F)c2)n1)NC1(c2ccc3c(c2)OCCO3)CCCC1. The minimum atomic E-state index is -4.48. The van der Waals surface area contributed by atoms with Gasteiger partial charge in [-0.2, -0.15) is 18.0 Å². The number of rotatable bonds is 5. The molecule has 0 radical (unpaired) electrons. The highest BCUT2D eigenvalue weighted by Crippen LogP contribution is 2.42. The molecule has 0 atom stereocenters. The zero-order valence-electron chi connectivity index (χ0n) is 18.1. The summed E-state index contributed by atoms with van der Waals surface area (Å²) in [5.41, 5.74) is -0.234. The van der Waals surface area contributed by atoms with E-state index >= 15 is 0 Å². The molecule has 1 aromatic heterocycles. The number of amides is 1. The Kier molecular flexibility index (Phi) is 5.62. The molecule has 8 nitrogen and oxygen atoms in total. The van der Waals surface area contributed by atoms with Crippen molar-refractivity contribution in [2.24, 2.45) is 0 Å². The number of nitrogens with one attached hydrogen (secondary N) is 1. The molecule has 11 heteroatoms. The Hall–Kier alpha value is -3.63. The predicted octanol–water partition coefficient (Wildman–Crippen LogP) is 3.72. The fourth-order valence-corrected chi connectivity index (χ4v) is 4.50. The van der Waals surface area contributed by atoms with E-state index in [-0.39, 0.29) is 23.8 Å². The molecule has 1 aliphatic heterocycles. The second-order valence-electron chi connectivity index (χ2n) is 8.42. The number of fused-ring (bicyclic) bond motifs is 1. The van der Waals surface area contributed by atoms with Crippen molar-refractivity contribution in [3.05, 3.63) is 53.6 Å². The highest BCUT2D eigenvalue weighted by molar-refractivity contribution is 5.77. The van der Waals surface area contributed by atoms with Crippen molar-refractivity contribution in [3.63, 3.8) is 0 Å². The maximum Gasteiger partial charge on any atom is 0.416 e. The van der Waals surface area contributed by atoms with E-state index in [0.717, 1.165) is 48.2 Å². The highest BCUT2D eigenvalue weighted by atomic mass is 19.4. The topological polar surface area (TPSA) is 91.2 Å². The standard InChI is InChI=1S/C23H22F3N5O3/c24-23(25,26)17-5-3-4-15(12-17)21-28-30-31(29-21)14-20(32)27-22(8-1-2-9-22)16-6-7-18-19(13-16)34-11-10-33-18/h3-7,12-13H,1-2,8-11,14H2,(H,27,32). The summed E-state index contributed by atoms with van der Waals surface area (Å²) < 4.78 is 50.3. The normalized spacial score (nSPS) is 16.9. The Balaban J connectivity index is 1.32. The number of carbonyl (C=O) groups excluding carboxylic acids is 1. The van der Waals surface area contributed by atoms with Gasteiger partial charge in [-0.3, -0.25) is 4.79 Å². The minimum absolute atomic E-state index is 0.0151. The third-order valence-electron chi connectivity index (χ3n) is 6.12. The summed E-state index contributed by atoms with van der Waals surface area (Å²) in [5, 5.41) is 14.9. The van der Waals surface area contributed by atoms with Gasteiger partial charge >= 0.3 is 6.18 Å². The highest BCUT2D eigenvalue weighted by Gasteiger charge is 2.38. The lowest BCUT2D eigenvalue weighted by molar-refractivity contribution is -0.137. The first-order chi connectivity index (χ1) is 16.3. The van der Waals surface area contributed by atoms with E-state index in [2.05, 4.69) is 20.7 Å². The summed E-state index contributed by atoms with van der Waals surface area (Å²) in [5.74, 6) is 1.04. The van der Waals surface area contributed by atoms with E-state index in [1.165, 1.54) is 12.1 Å². The lowest BCUT2D eigenvalue weighted by Gasteiger charge is -2.32. The number of aromatic nitrogens is 4. The largest absolute Gasteiger partial charge is 0.486 e. The van der Waals surface area contributed by atoms with Crippen LogP contribution in [0.4, 0.5) is 13.2 Å². The first kappa shape index (κ1) is 22.2. The van der Waals surface area contributed by atoms with Gasteiger partial charge in [-0.15, -0.1) is 10.2 Å². The molecule has 1 fully saturated rings. The van der Waals surface area contributed by atoms with E-state index in [1.807, 2.05) is 18.2 Å². The molecular weight excluding hydrogens is 451 g/mol. The van der Waals surface area contributed by atoms with E-state index < -0.39 is 17.3 Å². The number of carbonyl (C=O) groups is 1. The monoisotopic (exact) mass is 473 g/mol. The second-order valence-corrected chi connectivity index (χ2v) is 8.42. The Labute approximate surface area is 193 Å². The molecule has 0 unspecified atom stereocenters. The molecule has 34 heavy (non-hydrogen) atoms. The van der Waals surface area contributed by atoms with Crippen LogP contribution in [-0.2, 0) is 23.1 Å². The second kappa shape index (κ2) is 8.62. The average molecular weight is 473 g/mol. The molecule has 1 saturated carbocycles. The summed E-state index contributed by atoms with van der Waals surface area (Å²) in [4.78, 5) is 14.0. The molecule has 0 bridgehead atoms. The average Bonchev–Trinajstić information content (AvgIpc) is 3.49. The van der Waals surface area contributed by atoms with Gasteiger partial charge in [0.05, 0.1) is 11.1 Å². The van der Waals surface area contributed by atoms with Gasteiger partial charge in [0.15, 0.2) is 11.5 Å². The van der Waals surface area contributed by atoms with Gasteiger partial charge in [-0.1, -0.05) is 31.0 Å². The third-order valence-corrected chi connectivity index (χ3v) is 6.12. The third kappa shape index (κ3) is 4.42. The predicted molar refractivity (Wildman–Crippen MR) is 114 cm³/mol. The maximum atomic E-state index is 13.0. The van der Waals surface area contributed by atoms with Gasteiger partial charge in [-0.05, 0) is 47.9 Å². The van der Waals surface area contributed by atoms with Crippen LogP contribution < -0.4 is 14.8 Å². The molecule has 0 saturated heterocycles. The zero-order chi connectivity index (χ0) is 23.8. The molecule has 2 heterocycles. The molecule has 5 rings (SSSR count). The van der Waals surface area contributed by atoms with Crippen LogP contribution in [0.1, 0.15) is 36.8 Å². The van der Waals surface area contributed by atoms with Crippen LogP contribution in [0.5, 0.6) is 11.5 Å². The van der Waals surface area contributed by atoms with Gasteiger partial charge in [-0.25, -0.2) is 0 Å². The Bertz CT molecular complexity index is 1200. The molecule has 3 aromatic rings. The van der Waals surface area contributed by atoms with Crippen LogP contribution in [0, 0.1) is 0 Å². The van der Waals surface area contributed by atoms with Crippen molar-refractivity contribution in [3.8, 4) is 22.9 Å². The van der Waals surface area contributed by atoms with Gasteiger partial charge < -0.3 is 14.8 Å². The molecule has 2 aromatic carbocycles. The van der Waals surface area contributed by atoms with Gasteiger partial charge in [0.2, 0.25) is 11.7 Å². The van der Waals surface area contributed by atoms with E-state index in [9.17, 15) is 18.0 Å². The minimum Gasteiger partial charge on any atom is -0.486 e. The molecule has 1 aliphatic carbocycles. The summed E-state index contributed by atoms with van der Waals surface area (Å²) in [6.07, 6.45) is -0.987. The number of tetrazole rings is 1. The molecule has 0 spiro atoms. The number of ether oxygens (including phenoxy) is 2. The number of hydrogen-bond acceptors (Lipinski definition) is 6. The van der Waals surface area contributed by atoms with Crippen molar-refractivity contribution in [1.29, 1.82) is 0 Å². The van der Waals surface area contributed by atoms with E-state index in [4.69, 9.17) is 9.47 Å². The summed E-state index contributed by atoms with van der Waals surface area (Å²) >= 11 is 0. The Morgan fingerprint density at radius 1 is 1.06 bits per heavy atom. The molecule has 178 valence electrons. The first-order valence-corrected chi connectivity index (χ1v) is 11.0. The van der Waals surface area contributed by atoms with E-state index in [0.29, 0.717) is 24.7 Å².